The molecule has 4 atom stereocenters. The van der Waals surface area contributed by atoms with Crippen molar-refractivity contribution in [2.45, 2.75) is 83.8 Å². The lowest BCUT2D eigenvalue weighted by molar-refractivity contribution is -0.149. The minimum Gasteiger partial charge on any atom is -0.395 e. The summed E-state index contributed by atoms with van der Waals surface area (Å²) in [4.78, 5) is 48.4. The standard InChI is InChI=1S/C46H52FN3O5Si/c1-30(2)13-10-14-31(3)23-24-49-38-22-21-35(50-39-20-12-18-34-17-11-19-36(42(34)39)44(50)53)27-37(38)46(45(49)54)32(4)43(56(5,6)47)40(55-46)28-41(52)48(25-26-51)29-33-15-8-7-9-16-33/h7-9,11-13,15-23,27,32,40,43,51H,10,14,24-26,28-29H2,1-6H3/b31-23+/t32-,40+,43-,46+/m0/s1. The first-order chi connectivity index (χ1) is 26.8. The predicted molar refractivity (Wildman–Crippen MR) is 223 cm³/mol. The van der Waals surface area contributed by atoms with Crippen LogP contribution in [-0.4, -0.2) is 61.9 Å². The number of halogens is 1. The summed E-state index contributed by atoms with van der Waals surface area (Å²) in [5.74, 6) is -1.36. The van der Waals surface area contributed by atoms with Gasteiger partial charge < -0.3 is 23.8 Å². The summed E-state index contributed by atoms with van der Waals surface area (Å²) in [6.45, 7) is 11.8. The van der Waals surface area contributed by atoms with Crippen LogP contribution in [0.2, 0.25) is 18.6 Å². The third-order valence-corrected chi connectivity index (χ3v) is 14.2. The monoisotopic (exact) mass is 773 g/mol. The number of hydrogen-bond donors (Lipinski definition) is 1. The fourth-order valence-electron chi connectivity index (χ4n) is 9.18. The second-order valence-electron chi connectivity index (χ2n) is 16.3. The minimum atomic E-state index is -3.59. The van der Waals surface area contributed by atoms with E-state index in [4.69, 9.17) is 4.74 Å². The van der Waals surface area contributed by atoms with Crippen molar-refractivity contribution >= 4 is 54.0 Å². The van der Waals surface area contributed by atoms with Crippen molar-refractivity contribution in [3.05, 3.63) is 125 Å². The van der Waals surface area contributed by atoms with E-state index in [1.165, 1.54) is 5.57 Å². The van der Waals surface area contributed by atoms with Gasteiger partial charge in [0.05, 0.1) is 36.1 Å². The van der Waals surface area contributed by atoms with E-state index in [9.17, 15) is 14.7 Å². The molecule has 1 saturated heterocycles. The molecule has 0 radical (unpaired) electrons. The summed E-state index contributed by atoms with van der Waals surface area (Å²) in [6, 6.07) is 26.7. The third kappa shape index (κ3) is 7.03. The van der Waals surface area contributed by atoms with Crippen molar-refractivity contribution in [2.75, 3.05) is 29.5 Å². The number of amides is 3. The number of anilines is 3. The Kier molecular flexibility index (Phi) is 10.9. The normalized spacial score (nSPS) is 21.7. The zero-order valence-corrected chi connectivity index (χ0v) is 34.2. The highest BCUT2D eigenvalue weighted by molar-refractivity contribution is 6.72. The molecule has 56 heavy (non-hydrogen) atoms. The average Bonchev–Trinajstić information content (AvgIpc) is 3.71. The van der Waals surface area contributed by atoms with Crippen LogP contribution >= 0.6 is 0 Å². The average molecular weight is 774 g/mol. The molecular weight excluding hydrogens is 722 g/mol. The Labute approximate surface area is 330 Å². The first kappa shape index (κ1) is 39.3. The Morgan fingerprint density at radius 3 is 2.39 bits per heavy atom. The maximum atomic E-state index is 16.8. The Hall–Kier alpha value is -4.90. The van der Waals surface area contributed by atoms with E-state index >= 15 is 8.90 Å². The Morgan fingerprint density at radius 2 is 1.70 bits per heavy atom. The number of rotatable bonds is 13. The van der Waals surface area contributed by atoms with Crippen LogP contribution in [0.1, 0.15) is 68.4 Å². The van der Waals surface area contributed by atoms with Gasteiger partial charge in [-0.1, -0.05) is 84.8 Å². The molecule has 0 saturated carbocycles. The van der Waals surface area contributed by atoms with Gasteiger partial charge in [0.15, 0.2) is 5.60 Å². The van der Waals surface area contributed by atoms with Crippen LogP contribution < -0.4 is 9.80 Å². The Balaban J connectivity index is 1.30. The molecule has 10 heteroatoms. The molecule has 292 valence electrons. The molecule has 0 bridgehead atoms. The predicted octanol–water partition coefficient (Wildman–Crippen LogP) is 9.36. The van der Waals surface area contributed by atoms with E-state index in [1.807, 2.05) is 91.9 Å². The number of ether oxygens (including phenoxy) is 1. The van der Waals surface area contributed by atoms with Crippen LogP contribution in [-0.2, 0) is 26.5 Å². The van der Waals surface area contributed by atoms with Gasteiger partial charge in [0, 0.05) is 47.7 Å². The molecule has 3 amide bonds. The number of aliphatic hydroxyl groups is 1. The second kappa shape index (κ2) is 15.6. The van der Waals surface area contributed by atoms with Crippen molar-refractivity contribution in [2.24, 2.45) is 5.92 Å². The fraction of sp³-hybridized carbons (Fsp3) is 0.370. The van der Waals surface area contributed by atoms with Crippen LogP contribution in [0.25, 0.3) is 10.8 Å². The topological polar surface area (TPSA) is 90.4 Å². The van der Waals surface area contributed by atoms with E-state index in [0.717, 1.165) is 40.4 Å². The molecule has 3 aliphatic rings. The van der Waals surface area contributed by atoms with E-state index in [0.29, 0.717) is 29.0 Å². The minimum absolute atomic E-state index is 0.111. The summed E-state index contributed by atoms with van der Waals surface area (Å²) in [5, 5.41) is 11.8. The smallest absolute Gasteiger partial charge is 0.264 e. The zero-order chi connectivity index (χ0) is 39.9. The van der Waals surface area contributed by atoms with Gasteiger partial charge in [-0.2, -0.15) is 0 Å². The van der Waals surface area contributed by atoms with Crippen molar-refractivity contribution in [3.63, 3.8) is 0 Å². The van der Waals surface area contributed by atoms with Crippen LogP contribution in [0, 0.1) is 5.92 Å². The van der Waals surface area contributed by atoms with E-state index < -0.39 is 31.6 Å². The molecule has 0 aromatic heterocycles. The number of nitrogens with zero attached hydrogens (tertiary/aromatic N) is 3. The number of allylic oxidation sites excluding steroid dienone is 3. The molecule has 1 N–H and O–H groups in total. The highest BCUT2D eigenvalue weighted by Gasteiger charge is 2.67. The second-order valence-corrected chi connectivity index (χ2v) is 20.1. The lowest BCUT2D eigenvalue weighted by atomic mass is 9.82. The highest BCUT2D eigenvalue weighted by Crippen LogP contribution is 2.61. The quantitative estimate of drug-likeness (QED) is 0.0831. The van der Waals surface area contributed by atoms with Crippen molar-refractivity contribution in [3.8, 4) is 0 Å². The first-order valence-corrected chi connectivity index (χ1v) is 22.6. The van der Waals surface area contributed by atoms with Crippen LogP contribution in [0.3, 0.4) is 0 Å². The van der Waals surface area contributed by atoms with Gasteiger partial charge >= 0.3 is 0 Å². The number of benzene rings is 4. The van der Waals surface area contributed by atoms with Crippen molar-refractivity contribution in [1.82, 2.24) is 4.90 Å². The number of carbonyl (C=O) groups excluding carboxylic acids is 3. The van der Waals surface area contributed by atoms with Crippen molar-refractivity contribution < 1.29 is 28.3 Å². The summed E-state index contributed by atoms with van der Waals surface area (Å²) in [7, 11) is -3.59. The molecule has 0 aliphatic carbocycles. The summed E-state index contributed by atoms with van der Waals surface area (Å²) >= 11 is 0. The summed E-state index contributed by atoms with van der Waals surface area (Å²) < 4.78 is 23.8. The van der Waals surface area contributed by atoms with E-state index in [2.05, 4.69) is 32.9 Å². The van der Waals surface area contributed by atoms with Gasteiger partial charge in [0.2, 0.25) is 14.3 Å². The number of carbonyl (C=O) groups is 3. The third-order valence-electron chi connectivity index (χ3n) is 11.8. The van der Waals surface area contributed by atoms with Gasteiger partial charge in [-0.15, -0.1) is 0 Å². The Bertz CT molecular complexity index is 2220. The first-order valence-electron chi connectivity index (χ1n) is 19.7. The molecule has 4 aromatic carbocycles. The highest BCUT2D eigenvalue weighted by atomic mass is 28.4. The number of fused-ring (bicyclic) bond motifs is 2. The molecule has 8 nitrogen and oxygen atoms in total. The maximum Gasteiger partial charge on any atom is 0.264 e. The maximum absolute atomic E-state index is 16.8. The molecule has 0 unspecified atom stereocenters. The van der Waals surface area contributed by atoms with Crippen LogP contribution in [0.4, 0.5) is 21.2 Å². The number of aliphatic hydroxyl groups excluding tert-OH is 1. The SMILES string of the molecule is CC(C)=CCC/C(C)=C/CN1C(=O)[C@]2(O[C@H](CC(=O)N(CCO)Cc3ccccc3)[C@@H]([Si](C)(C)F)[C@@H]2C)c2cc(N3C(=O)c4cccc5cccc3c45)ccc21. The van der Waals surface area contributed by atoms with E-state index in [1.54, 1.807) is 27.8 Å². The molecule has 4 aromatic rings. The van der Waals surface area contributed by atoms with Gasteiger partial charge in [0.25, 0.3) is 11.8 Å². The lowest BCUT2D eigenvalue weighted by Gasteiger charge is -2.31. The van der Waals surface area contributed by atoms with Crippen molar-refractivity contribution in [1.29, 1.82) is 0 Å². The molecule has 3 aliphatic heterocycles. The lowest BCUT2D eigenvalue weighted by Crippen LogP contribution is -2.45. The summed E-state index contributed by atoms with van der Waals surface area (Å²) in [6.07, 6.45) is 4.97. The molecule has 3 heterocycles. The largest absolute Gasteiger partial charge is 0.395 e. The van der Waals surface area contributed by atoms with E-state index in [-0.39, 0.29) is 43.8 Å². The Morgan fingerprint density at radius 1 is 0.964 bits per heavy atom. The summed E-state index contributed by atoms with van der Waals surface area (Å²) in [5.41, 5.74) is 4.19. The van der Waals surface area contributed by atoms with Crippen LogP contribution in [0.5, 0.6) is 0 Å². The molecule has 7 rings (SSSR count). The fourth-order valence-corrected chi connectivity index (χ4v) is 11.7. The molecule has 1 spiro atoms. The van der Waals surface area contributed by atoms with Gasteiger partial charge in [-0.05, 0) is 88.0 Å². The van der Waals surface area contributed by atoms with Crippen LogP contribution in [0.15, 0.2) is 108 Å². The molecular formula is C46H52FN3O5Si. The van der Waals surface area contributed by atoms with Gasteiger partial charge in [-0.25, -0.2) is 0 Å². The van der Waals surface area contributed by atoms with Gasteiger partial charge in [-0.3, -0.25) is 19.3 Å². The molecule has 1 fully saturated rings. The van der Waals surface area contributed by atoms with Gasteiger partial charge in [0.1, 0.15) is 0 Å². The zero-order valence-electron chi connectivity index (χ0n) is 33.2. The number of hydrogen-bond acceptors (Lipinski definition) is 5.